The molecule has 0 aliphatic carbocycles. The van der Waals surface area contributed by atoms with Gasteiger partial charge in [-0.05, 0) is 46.6 Å². The van der Waals surface area contributed by atoms with Crippen molar-refractivity contribution in [2.75, 3.05) is 0 Å². The Balaban J connectivity index is 2.26. The summed E-state index contributed by atoms with van der Waals surface area (Å²) in [6, 6.07) is 5.91. The Bertz CT molecular complexity index is 587. The molecule has 1 atom stereocenters. The fourth-order valence-electron chi connectivity index (χ4n) is 1.74. The van der Waals surface area contributed by atoms with E-state index >= 15 is 0 Å². The Kier molecular flexibility index (Phi) is 4.27. The number of benzene rings is 1. The molecule has 0 radical (unpaired) electrons. The number of aliphatic hydroxyl groups is 1. The summed E-state index contributed by atoms with van der Waals surface area (Å²) in [6.07, 6.45) is 0.377. The van der Waals surface area contributed by atoms with Crippen molar-refractivity contribution in [3.8, 4) is 0 Å². The Hall–Kier alpha value is -1.33. The van der Waals surface area contributed by atoms with Crippen molar-refractivity contribution < 1.29 is 13.9 Å². The predicted molar refractivity (Wildman–Crippen MR) is 71.7 cm³/mol. The van der Waals surface area contributed by atoms with E-state index in [2.05, 4.69) is 20.9 Å². The third kappa shape index (κ3) is 3.16. The van der Waals surface area contributed by atoms with Gasteiger partial charge >= 0.3 is 0 Å². The molecule has 1 N–H and O–H groups in total. The molecule has 5 heteroatoms. The minimum absolute atomic E-state index is 0.137. The topological polar surface area (TPSA) is 33.1 Å². The largest absolute Gasteiger partial charge is 0.388 e. The van der Waals surface area contributed by atoms with Crippen molar-refractivity contribution in [1.29, 1.82) is 0 Å². The van der Waals surface area contributed by atoms with Crippen molar-refractivity contribution in [1.82, 2.24) is 4.98 Å². The van der Waals surface area contributed by atoms with Gasteiger partial charge in [0.1, 0.15) is 11.6 Å². The second-order valence-electron chi connectivity index (χ2n) is 4.27. The molecule has 19 heavy (non-hydrogen) atoms. The quantitative estimate of drug-likeness (QED) is 0.872. The van der Waals surface area contributed by atoms with Gasteiger partial charge in [-0.3, -0.25) is 4.98 Å². The van der Waals surface area contributed by atoms with Gasteiger partial charge in [-0.2, -0.15) is 0 Å². The van der Waals surface area contributed by atoms with Crippen molar-refractivity contribution in [3.05, 3.63) is 63.4 Å². The molecule has 0 bridgehead atoms. The van der Waals surface area contributed by atoms with Gasteiger partial charge in [0.15, 0.2) is 0 Å². The highest BCUT2D eigenvalue weighted by molar-refractivity contribution is 9.10. The summed E-state index contributed by atoms with van der Waals surface area (Å²) in [5.74, 6) is -1.35. The number of hydrogen-bond acceptors (Lipinski definition) is 2. The van der Waals surface area contributed by atoms with Crippen LogP contribution in [-0.4, -0.2) is 10.1 Å². The zero-order chi connectivity index (χ0) is 14.0. The molecule has 0 spiro atoms. The van der Waals surface area contributed by atoms with Crippen molar-refractivity contribution in [3.63, 3.8) is 0 Å². The van der Waals surface area contributed by atoms with E-state index in [1.54, 1.807) is 12.1 Å². The van der Waals surface area contributed by atoms with Crippen LogP contribution in [0.1, 0.15) is 22.9 Å². The number of halogens is 3. The van der Waals surface area contributed by atoms with Gasteiger partial charge in [-0.1, -0.05) is 6.07 Å². The first kappa shape index (κ1) is 14.1. The summed E-state index contributed by atoms with van der Waals surface area (Å²) < 4.78 is 27.6. The maximum Gasteiger partial charge on any atom is 0.143 e. The number of hydrogen-bond donors (Lipinski definition) is 1. The number of pyridine rings is 1. The minimum atomic E-state index is -0.994. The predicted octanol–water partition coefficient (Wildman–Crippen LogP) is 3.71. The summed E-state index contributed by atoms with van der Waals surface area (Å²) in [5, 5.41) is 10.0. The standard InChI is InChI=1S/C14H12BrF2NO/c1-8-2-3-9(7-18-8)13(19)6-10-12(16)5-4-11(15)14(10)17/h2-5,7,13,19H,6H2,1H3. The summed E-state index contributed by atoms with van der Waals surface area (Å²) in [4.78, 5) is 4.05. The Morgan fingerprint density at radius 3 is 2.63 bits per heavy atom. The highest BCUT2D eigenvalue weighted by Gasteiger charge is 2.17. The first-order chi connectivity index (χ1) is 8.99. The molecule has 2 rings (SSSR count). The van der Waals surface area contributed by atoms with E-state index in [0.717, 1.165) is 5.69 Å². The molecule has 0 aliphatic rings. The van der Waals surface area contributed by atoms with E-state index in [1.165, 1.54) is 18.3 Å². The molecule has 1 aromatic carbocycles. The van der Waals surface area contributed by atoms with Gasteiger partial charge in [0, 0.05) is 23.9 Å². The molecule has 1 aromatic heterocycles. The second kappa shape index (κ2) is 5.75. The highest BCUT2D eigenvalue weighted by Crippen LogP contribution is 2.26. The molecule has 100 valence electrons. The van der Waals surface area contributed by atoms with Crippen LogP contribution in [0.3, 0.4) is 0 Å². The monoisotopic (exact) mass is 327 g/mol. The smallest absolute Gasteiger partial charge is 0.143 e. The Morgan fingerprint density at radius 2 is 2.00 bits per heavy atom. The van der Waals surface area contributed by atoms with Gasteiger partial charge in [0.05, 0.1) is 10.6 Å². The average molecular weight is 328 g/mol. The first-order valence-electron chi connectivity index (χ1n) is 5.72. The molecule has 0 amide bonds. The summed E-state index contributed by atoms with van der Waals surface area (Å²) >= 11 is 3.00. The zero-order valence-corrected chi connectivity index (χ0v) is 11.8. The molecular weight excluding hydrogens is 316 g/mol. The van der Waals surface area contributed by atoms with Gasteiger partial charge in [0.25, 0.3) is 0 Å². The van der Waals surface area contributed by atoms with Gasteiger partial charge < -0.3 is 5.11 Å². The van der Waals surface area contributed by atoms with Crippen LogP contribution < -0.4 is 0 Å². The van der Waals surface area contributed by atoms with E-state index in [4.69, 9.17) is 0 Å². The summed E-state index contributed by atoms with van der Waals surface area (Å²) in [5.41, 5.74) is 1.21. The summed E-state index contributed by atoms with van der Waals surface area (Å²) in [6.45, 7) is 1.82. The lowest BCUT2D eigenvalue weighted by Gasteiger charge is -2.13. The van der Waals surface area contributed by atoms with Crippen LogP contribution in [0.15, 0.2) is 34.9 Å². The molecule has 0 saturated heterocycles. The fourth-order valence-corrected chi connectivity index (χ4v) is 2.12. The minimum Gasteiger partial charge on any atom is -0.388 e. The fraction of sp³-hybridized carbons (Fsp3) is 0.214. The van der Waals surface area contributed by atoms with Gasteiger partial charge in [-0.25, -0.2) is 8.78 Å². The van der Waals surface area contributed by atoms with E-state index < -0.39 is 17.7 Å². The van der Waals surface area contributed by atoms with E-state index in [9.17, 15) is 13.9 Å². The second-order valence-corrected chi connectivity index (χ2v) is 5.13. The van der Waals surface area contributed by atoms with Crippen LogP contribution in [0.4, 0.5) is 8.78 Å². The molecule has 2 nitrogen and oxygen atoms in total. The zero-order valence-electron chi connectivity index (χ0n) is 10.2. The van der Waals surface area contributed by atoms with Crippen LogP contribution in [0.2, 0.25) is 0 Å². The Labute approximate surface area is 118 Å². The third-order valence-electron chi connectivity index (χ3n) is 2.86. The van der Waals surface area contributed by atoms with E-state index in [-0.39, 0.29) is 16.5 Å². The average Bonchev–Trinajstić information content (AvgIpc) is 2.40. The molecule has 1 unspecified atom stereocenters. The Morgan fingerprint density at radius 1 is 1.26 bits per heavy atom. The van der Waals surface area contributed by atoms with Crippen LogP contribution in [0.5, 0.6) is 0 Å². The van der Waals surface area contributed by atoms with E-state index in [0.29, 0.717) is 5.56 Å². The van der Waals surface area contributed by atoms with E-state index in [1.807, 2.05) is 6.92 Å². The first-order valence-corrected chi connectivity index (χ1v) is 6.51. The van der Waals surface area contributed by atoms with Gasteiger partial charge in [-0.15, -0.1) is 0 Å². The summed E-state index contributed by atoms with van der Waals surface area (Å²) in [7, 11) is 0. The van der Waals surface area contributed by atoms with Crippen molar-refractivity contribution in [2.24, 2.45) is 0 Å². The van der Waals surface area contributed by atoms with Crippen LogP contribution in [-0.2, 0) is 6.42 Å². The maximum atomic E-state index is 13.8. The van der Waals surface area contributed by atoms with Gasteiger partial charge in [0.2, 0.25) is 0 Å². The lowest BCUT2D eigenvalue weighted by Crippen LogP contribution is -2.06. The number of aromatic nitrogens is 1. The van der Waals surface area contributed by atoms with Crippen molar-refractivity contribution >= 4 is 15.9 Å². The SMILES string of the molecule is Cc1ccc(C(O)Cc2c(F)ccc(Br)c2F)cn1. The van der Waals surface area contributed by atoms with Crippen LogP contribution in [0.25, 0.3) is 0 Å². The molecule has 2 aromatic rings. The van der Waals surface area contributed by atoms with Crippen LogP contribution in [0, 0.1) is 18.6 Å². The lowest BCUT2D eigenvalue weighted by atomic mass is 10.0. The number of aryl methyl sites for hydroxylation is 1. The lowest BCUT2D eigenvalue weighted by molar-refractivity contribution is 0.175. The molecule has 1 heterocycles. The number of nitrogens with zero attached hydrogens (tertiary/aromatic N) is 1. The molecular formula is C14H12BrF2NO. The number of aliphatic hydroxyl groups excluding tert-OH is 1. The van der Waals surface area contributed by atoms with Crippen LogP contribution >= 0.6 is 15.9 Å². The van der Waals surface area contributed by atoms with Crippen molar-refractivity contribution in [2.45, 2.75) is 19.4 Å². The maximum absolute atomic E-state index is 13.8. The third-order valence-corrected chi connectivity index (χ3v) is 3.47. The number of rotatable bonds is 3. The molecule has 0 aliphatic heterocycles. The molecule has 0 fully saturated rings. The molecule has 0 saturated carbocycles. The normalized spacial score (nSPS) is 12.5. The highest BCUT2D eigenvalue weighted by atomic mass is 79.9.